The second-order valence-electron chi connectivity index (χ2n) is 4.42. The van der Waals surface area contributed by atoms with Gasteiger partial charge in [0.25, 0.3) is 0 Å². The third kappa shape index (κ3) is 1.99. The van der Waals surface area contributed by atoms with Crippen LogP contribution in [0.1, 0.15) is 20.8 Å². The molecule has 0 bridgehead atoms. The monoisotopic (exact) mass is 184 g/mol. The van der Waals surface area contributed by atoms with E-state index >= 15 is 0 Å². The van der Waals surface area contributed by atoms with E-state index in [1.165, 1.54) is 6.08 Å². The van der Waals surface area contributed by atoms with E-state index in [4.69, 9.17) is 0 Å². The summed E-state index contributed by atoms with van der Waals surface area (Å²) in [7, 11) is 0. The molecule has 0 fully saturated rings. The van der Waals surface area contributed by atoms with E-state index in [0.29, 0.717) is 5.57 Å². The lowest BCUT2D eigenvalue weighted by Gasteiger charge is -2.35. The molecule has 0 saturated heterocycles. The summed E-state index contributed by atoms with van der Waals surface area (Å²) in [5, 5.41) is 28.3. The highest BCUT2D eigenvalue weighted by atomic mass is 16.5. The van der Waals surface area contributed by atoms with Gasteiger partial charge < -0.3 is 15.3 Å². The van der Waals surface area contributed by atoms with Crippen LogP contribution in [0.25, 0.3) is 0 Å². The van der Waals surface area contributed by atoms with Gasteiger partial charge in [-0.3, -0.25) is 0 Å². The highest BCUT2D eigenvalue weighted by molar-refractivity contribution is 5.31. The van der Waals surface area contributed by atoms with Crippen molar-refractivity contribution in [3.63, 3.8) is 0 Å². The molecule has 0 unspecified atom stereocenters. The first-order valence-corrected chi connectivity index (χ1v) is 4.28. The number of aliphatic hydroxyl groups is 3. The van der Waals surface area contributed by atoms with Gasteiger partial charge in [0.1, 0.15) is 6.10 Å². The smallest absolute Gasteiger partial charge is 0.214 e. The van der Waals surface area contributed by atoms with Crippen LogP contribution in [0.3, 0.4) is 0 Å². The number of allylic oxidation sites excluding steroid dienone is 2. The van der Waals surface area contributed by atoms with Crippen molar-refractivity contribution < 1.29 is 15.3 Å². The van der Waals surface area contributed by atoms with E-state index < -0.39 is 11.9 Å². The molecule has 1 aliphatic rings. The van der Waals surface area contributed by atoms with E-state index in [9.17, 15) is 15.3 Å². The van der Waals surface area contributed by atoms with Gasteiger partial charge in [-0.2, -0.15) is 0 Å². The Labute approximate surface area is 78.0 Å². The number of rotatable bonds is 0. The Morgan fingerprint density at radius 3 is 2.23 bits per heavy atom. The van der Waals surface area contributed by atoms with Gasteiger partial charge in [-0.1, -0.05) is 32.9 Å². The molecular weight excluding hydrogens is 168 g/mol. The van der Waals surface area contributed by atoms with Crippen molar-refractivity contribution in [2.24, 2.45) is 5.41 Å². The molecule has 13 heavy (non-hydrogen) atoms. The molecule has 0 amide bonds. The maximum atomic E-state index is 9.61. The van der Waals surface area contributed by atoms with E-state index in [2.05, 4.69) is 0 Å². The van der Waals surface area contributed by atoms with Crippen molar-refractivity contribution in [1.82, 2.24) is 0 Å². The third-order valence-corrected chi connectivity index (χ3v) is 2.18. The fourth-order valence-corrected chi connectivity index (χ4v) is 1.36. The van der Waals surface area contributed by atoms with Crippen LogP contribution in [-0.4, -0.2) is 27.2 Å². The minimum atomic E-state index is -2.13. The summed E-state index contributed by atoms with van der Waals surface area (Å²) in [6.07, 6.45) is 3.20. The molecule has 0 heterocycles. The zero-order valence-corrected chi connectivity index (χ0v) is 8.15. The van der Waals surface area contributed by atoms with Crippen molar-refractivity contribution in [2.45, 2.75) is 32.7 Å². The standard InChI is InChI=1S/C10H16O3/c1-9(2,3)7-5-4-6-10(12,13)8(7)11/h4-6,8,11-13H,1-3H3/t8-/m0/s1. The first kappa shape index (κ1) is 10.4. The Morgan fingerprint density at radius 1 is 1.31 bits per heavy atom. The van der Waals surface area contributed by atoms with Gasteiger partial charge in [-0.15, -0.1) is 0 Å². The van der Waals surface area contributed by atoms with Crippen molar-refractivity contribution in [3.8, 4) is 0 Å². The average molecular weight is 184 g/mol. The minimum absolute atomic E-state index is 0.263. The molecule has 3 nitrogen and oxygen atoms in total. The lowest BCUT2D eigenvalue weighted by atomic mass is 9.78. The van der Waals surface area contributed by atoms with Gasteiger partial charge in [0.15, 0.2) is 0 Å². The molecular formula is C10H16O3. The number of aliphatic hydroxyl groups excluding tert-OH is 1. The number of hydrogen-bond acceptors (Lipinski definition) is 3. The van der Waals surface area contributed by atoms with Crippen molar-refractivity contribution in [3.05, 3.63) is 23.8 Å². The molecule has 1 atom stereocenters. The summed E-state index contributed by atoms with van der Waals surface area (Å²) in [5.74, 6) is -2.13. The fourth-order valence-electron chi connectivity index (χ4n) is 1.36. The lowest BCUT2D eigenvalue weighted by molar-refractivity contribution is -0.181. The van der Waals surface area contributed by atoms with Crippen LogP contribution >= 0.6 is 0 Å². The zero-order chi connectivity index (χ0) is 10.3. The quantitative estimate of drug-likeness (QED) is 0.482. The second-order valence-corrected chi connectivity index (χ2v) is 4.42. The van der Waals surface area contributed by atoms with Crippen molar-refractivity contribution in [2.75, 3.05) is 0 Å². The van der Waals surface area contributed by atoms with E-state index in [1.54, 1.807) is 12.2 Å². The molecule has 0 spiro atoms. The van der Waals surface area contributed by atoms with Gasteiger partial charge in [0.2, 0.25) is 5.79 Å². The van der Waals surface area contributed by atoms with Gasteiger partial charge in [-0.05, 0) is 17.1 Å². The molecule has 0 aliphatic heterocycles. The summed E-state index contributed by atoms with van der Waals surface area (Å²) in [6, 6.07) is 0. The summed E-state index contributed by atoms with van der Waals surface area (Å²) in [5.41, 5.74) is 0.362. The minimum Gasteiger partial charge on any atom is -0.383 e. The Balaban J connectivity index is 3.02. The molecule has 0 aromatic heterocycles. The molecule has 74 valence electrons. The Bertz CT molecular complexity index is 256. The van der Waals surface area contributed by atoms with Crippen LogP contribution < -0.4 is 0 Å². The Morgan fingerprint density at radius 2 is 1.85 bits per heavy atom. The zero-order valence-electron chi connectivity index (χ0n) is 8.15. The third-order valence-electron chi connectivity index (χ3n) is 2.18. The molecule has 3 N–H and O–H groups in total. The van der Waals surface area contributed by atoms with Crippen LogP contribution in [0.5, 0.6) is 0 Å². The normalized spacial score (nSPS) is 27.2. The molecule has 0 radical (unpaired) electrons. The van der Waals surface area contributed by atoms with Gasteiger partial charge in [0, 0.05) is 0 Å². The van der Waals surface area contributed by atoms with Crippen LogP contribution in [0.2, 0.25) is 0 Å². The summed E-state index contributed by atoms with van der Waals surface area (Å²) < 4.78 is 0. The predicted molar refractivity (Wildman–Crippen MR) is 49.9 cm³/mol. The molecule has 1 aliphatic carbocycles. The van der Waals surface area contributed by atoms with Crippen molar-refractivity contribution >= 4 is 0 Å². The predicted octanol–water partition coefficient (Wildman–Crippen LogP) is 0.570. The lowest BCUT2D eigenvalue weighted by Crippen LogP contribution is -2.45. The van der Waals surface area contributed by atoms with Crippen LogP contribution in [-0.2, 0) is 0 Å². The number of hydrogen-bond donors (Lipinski definition) is 3. The van der Waals surface area contributed by atoms with Crippen LogP contribution in [0, 0.1) is 5.41 Å². The van der Waals surface area contributed by atoms with Gasteiger partial charge in [-0.25, -0.2) is 0 Å². The Kier molecular flexibility index (Phi) is 2.36. The van der Waals surface area contributed by atoms with Crippen LogP contribution in [0.4, 0.5) is 0 Å². The SMILES string of the molecule is CC(C)(C)C1=CC=CC(O)(O)[C@H]1O. The van der Waals surface area contributed by atoms with Gasteiger partial charge >= 0.3 is 0 Å². The second kappa shape index (κ2) is 2.94. The topological polar surface area (TPSA) is 60.7 Å². The van der Waals surface area contributed by atoms with Gasteiger partial charge in [0.05, 0.1) is 0 Å². The first-order chi connectivity index (χ1) is 5.75. The van der Waals surface area contributed by atoms with Crippen molar-refractivity contribution in [1.29, 1.82) is 0 Å². The fraction of sp³-hybridized carbons (Fsp3) is 0.600. The van der Waals surface area contributed by atoms with E-state index in [-0.39, 0.29) is 5.41 Å². The van der Waals surface area contributed by atoms with Crippen LogP contribution in [0.15, 0.2) is 23.8 Å². The molecule has 1 rings (SSSR count). The molecule has 0 aromatic carbocycles. The summed E-state index contributed by atoms with van der Waals surface area (Å²) in [6.45, 7) is 5.74. The molecule has 3 heteroatoms. The highest BCUT2D eigenvalue weighted by Crippen LogP contribution is 2.34. The van der Waals surface area contributed by atoms with E-state index in [0.717, 1.165) is 0 Å². The summed E-state index contributed by atoms with van der Waals surface area (Å²) in [4.78, 5) is 0. The maximum absolute atomic E-state index is 9.61. The largest absolute Gasteiger partial charge is 0.383 e. The highest BCUT2D eigenvalue weighted by Gasteiger charge is 2.38. The first-order valence-electron chi connectivity index (χ1n) is 4.28. The maximum Gasteiger partial charge on any atom is 0.214 e. The average Bonchev–Trinajstić information content (AvgIpc) is 1.92. The molecule has 0 aromatic rings. The summed E-state index contributed by atoms with van der Waals surface area (Å²) >= 11 is 0. The Hall–Kier alpha value is -0.640. The van der Waals surface area contributed by atoms with E-state index in [1.807, 2.05) is 20.8 Å². The molecule has 0 saturated carbocycles.